The van der Waals surface area contributed by atoms with Crippen LogP contribution in [0.4, 0.5) is 4.39 Å². The quantitative estimate of drug-likeness (QED) is 0.723. The largest absolute Gasteiger partial charge is 0.356 e. The third-order valence-corrected chi connectivity index (χ3v) is 4.14. The molecule has 1 amide bonds. The van der Waals surface area contributed by atoms with Crippen molar-refractivity contribution in [2.24, 2.45) is 0 Å². The Morgan fingerprint density at radius 1 is 1.29 bits per heavy atom. The number of aryl methyl sites for hydroxylation is 2. The van der Waals surface area contributed by atoms with Gasteiger partial charge in [-0.05, 0) is 49.1 Å². The van der Waals surface area contributed by atoms with E-state index in [0.29, 0.717) is 29.6 Å². The van der Waals surface area contributed by atoms with Gasteiger partial charge in [-0.15, -0.1) is 0 Å². The van der Waals surface area contributed by atoms with Crippen molar-refractivity contribution in [2.75, 3.05) is 6.54 Å². The van der Waals surface area contributed by atoms with E-state index in [4.69, 9.17) is 7.85 Å². The molecule has 4 nitrogen and oxygen atoms in total. The van der Waals surface area contributed by atoms with Gasteiger partial charge in [0.1, 0.15) is 13.7 Å². The fourth-order valence-electron chi connectivity index (χ4n) is 2.90. The maximum Gasteiger partial charge on any atom is 0.252 e. The lowest BCUT2D eigenvalue weighted by molar-refractivity contribution is 0.0954. The van der Waals surface area contributed by atoms with E-state index >= 15 is 0 Å². The summed E-state index contributed by atoms with van der Waals surface area (Å²) in [6.07, 6.45) is 2.06. The molecule has 0 saturated heterocycles. The van der Waals surface area contributed by atoms with Crippen molar-refractivity contribution in [1.29, 1.82) is 0 Å². The van der Waals surface area contributed by atoms with Crippen LogP contribution in [0.3, 0.4) is 0 Å². The summed E-state index contributed by atoms with van der Waals surface area (Å²) in [6, 6.07) is 6.46. The molecule has 24 heavy (non-hydrogen) atoms. The van der Waals surface area contributed by atoms with Crippen molar-refractivity contribution in [3.05, 3.63) is 58.7 Å². The molecule has 0 aliphatic heterocycles. The molecule has 0 unspecified atom stereocenters. The molecule has 0 aliphatic carbocycles. The monoisotopic (exact) mass is 321 g/mol. The van der Waals surface area contributed by atoms with Gasteiger partial charge < -0.3 is 10.3 Å². The lowest BCUT2D eigenvalue weighted by atomic mass is 10.0. The van der Waals surface area contributed by atoms with E-state index in [-0.39, 0.29) is 11.7 Å². The summed E-state index contributed by atoms with van der Waals surface area (Å²) >= 11 is 0. The molecule has 0 atom stereocenters. The summed E-state index contributed by atoms with van der Waals surface area (Å²) in [5, 5.41) is 3.75. The molecular formula is C18H17BFN3O. The number of amides is 1. The molecule has 0 aliphatic rings. The fraction of sp³-hybridized carbons (Fsp3) is 0.222. The molecule has 1 aromatic carbocycles. The molecule has 6 heteroatoms. The smallest absolute Gasteiger partial charge is 0.252 e. The van der Waals surface area contributed by atoms with Gasteiger partial charge in [-0.3, -0.25) is 9.78 Å². The minimum atomic E-state index is -0.262. The Kier molecular flexibility index (Phi) is 4.38. The molecule has 2 N–H and O–H groups in total. The number of hydrogen-bond acceptors (Lipinski definition) is 2. The first-order valence-corrected chi connectivity index (χ1v) is 7.73. The van der Waals surface area contributed by atoms with E-state index in [1.165, 1.54) is 12.3 Å². The van der Waals surface area contributed by atoms with Crippen LogP contribution in [0, 0.1) is 19.7 Å². The van der Waals surface area contributed by atoms with Crippen molar-refractivity contribution in [2.45, 2.75) is 20.3 Å². The van der Waals surface area contributed by atoms with E-state index in [1.54, 1.807) is 18.2 Å². The molecule has 2 radical (unpaired) electrons. The topological polar surface area (TPSA) is 57.8 Å². The number of carbonyl (C=O) groups excluding carboxylic acids is 1. The summed E-state index contributed by atoms with van der Waals surface area (Å²) in [5.41, 5.74) is 4.32. The lowest BCUT2D eigenvalue weighted by Crippen LogP contribution is -2.26. The third-order valence-electron chi connectivity index (χ3n) is 4.14. The van der Waals surface area contributed by atoms with Crippen LogP contribution in [0.15, 0.2) is 30.5 Å². The number of aromatic nitrogens is 2. The van der Waals surface area contributed by atoms with Crippen molar-refractivity contribution in [3.63, 3.8) is 0 Å². The minimum absolute atomic E-state index is 0.206. The zero-order valence-electron chi connectivity index (χ0n) is 13.6. The zero-order chi connectivity index (χ0) is 17.3. The van der Waals surface area contributed by atoms with Crippen molar-refractivity contribution in [3.8, 4) is 0 Å². The Labute approximate surface area is 140 Å². The van der Waals surface area contributed by atoms with Crippen molar-refractivity contribution in [1.82, 2.24) is 15.3 Å². The molecule has 120 valence electrons. The van der Waals surface area contributed by atoms with Gasteiger partial charge in [-0.1, -0.05) is 12.1 Å². The SMILES string of the molecule is [B]c1ccc(C(=O)NCCc2c(C)[nH]c3c(F)ccc(C)c23)cn1. The summed E-state index contributed by atoms with van der Waals surface area (Å²) < 4.78 is 13.9. The van der Waals surface area contributed by atoms with Crippen LogP contribution in [0.2, 0.25) is 0 Å². The number of halogens is 1. The molecule has 3 rings (SSSR count). The van der Waals surface area contributed by atoms with E-state index in [0.717, 1.165) is 22.2 Å². The first-order chi connectivity index (χ1) is 11.5. The molecule has 0 spiro atoms. The maximum absolute atomic E-state index is 13.9. The van der Waals surface area contributed by atoms with Crippen LogP contribution < -0.4 is 10.9 Å². The molecule has 0 saturated carbocycles. The van der Waals surface area contributed by atoms with E-state index in [2.05, 4.69) is 15.3 Å². The Morgan fingerprint density at radius 3 is 2.79 bits per heavy atom. The molecule has 2 aromatic heterocycles. The summed E-state index contributed by atoms with van der Waals surface area (Å²) in [5.74, 6) is -0.468. The number of carbonyl (C=O) groups is 1. The highest BCUT2D eigenvalue weighted by molar-refractivity contribution is 6.30. The van der Waals surface area contributed by atoms with Gasteiger partial charge in [0.05, 0.1) is 11.1 Å². The summed E-state index contributed by atoms with van der Waals surface area (Å²) in [6.45, 7) is 4.32. The fourth-order valence-corrected chi connectivity index (χ4v) is 2.90. The number of benzene rings is 1. The van der Waals surface area contributed by atoms with Crippen molar-refractivity contribution < 1.29 is 9.18 Å². The lowest BCUT2D eigenvalue weighted by Gasteiger charge is -2.07. The van der Waals surface area contributed by atoms with Crippen molar-refractivity contribution >= 4 is 30.2 Å². The van der Waals surface area contributed by atoms with E-state index in [9.17, 15) is 9.18 Å². The molecule has 0 bridgehead atoms. The highest BCUT2D eigenvalue weighted by Crippen LogP contribution is 2.27. The number of fused-ring (bicyclic) bond motifs is 1. The Hall–Kier alpha value is -2.63. The van der Waals surface area contributed by atoms with Gasteiger partial charge in [0.25, 0.3) is 5.91 Å². The van der Waals surface area contributed by atoms with Crippen LogP contribution in [-0.2, 0) is 6.42 Å². The predicted molar refractivity (Wildman–Crippen MR) is 93.4 cm³/mol. The number of H-pyrrole nitrogens is 1. The first-order valence-electron chi connectivity index (χ1n) is 7.73. The zero-order valence-corrected chi connectivity index (χ0v) is 13.6. The van der Waals surface area contributed by atoms with Crippen LogP contribution >= 0.6 is 0 Å². The van der Waals surface area contributed by atoms with Gasteiger partial charge in [0.2, 0.25) is 0 Å². The Morgan fingerprint density at radius 2 is 2.08 bits per heavy atom. The standard InChI is InChI=1S/C18H17BFN3O/c1-10-3-5-14(20)17-16(10)13(11(2)23-17)7-8-21-18(24)12-4-6-15(19)22-9-12/h3-6,9,23H,7-8H2,1-2H3,(H,21,24). The Bertz CT molecular complexity index is 903. The van der Waals surface area contributed by atoms with Gasteiger partial charge in [0.15, 0.2) is 0 Å². The molecular weight excluding hydrogens is 304 g/mol. The highest BCUT2D eigenvalue weighted by Gasteiger charge is 2.14. The average molecular weight is 321 g/mol. The van der Waals surface area contributed by atoms with Gasteiger partial charge >= 0.3 is 0 Å². The molecule has 2 heterocycles. The summed E-state index contributed by atoms with van der Waals surface area (Å²) in [4.78, 5) is 19.1. The van der Waals surface area contributed by atoms with Crippen LogP contribution in [0.1, 0.15) is 27.2 Å². The minimum Gasteiger partial charge on any atom is -0.356 e. The molecule has 0 fully saturated rings. The average Bonchev–Trinajstić information content (AvgIpc) is 2.90. The highest BCUT2D eigenvalue weighted by atomic mass is 19.1. The number of hydrogen-bond donors (Lipinski definition) is 2. The number of nitrogens with one attached hydrogen (secondary N) is 2. The van der Waals surface area contributed by atoms with Crippen LogP contribution in [0.5, 0.6) is 0 Å². The third kappa shape index (κ3) is 3.04. The number of nitrogens with zero attached hydrogens (tertiary/aromatic N) is 1. The van der Waals surface area contributed by atoms with Gasteiger partial charge in [-0.2, -0.15) is 0 Å². The first kappa shape index (κ1) is 16.2. The maximum atomic E-state index is 13.9. The summed E-state index contributed by atoms with van der Waals surface area (Å²) in [7, 11) is 5.51. The van der Waals surface area contributed by atoms with E-state index in [1.807, 2.05) is 13.8 Å². The number of rotatable bonds is 4. The van der Waals surface area contributed by atoms with Gasteiger partial charge in [0, 0.05) is 23.8 Å². The second-order valence-corrected chi connectivity index (χ2v) is 5.82. The molecule has 3 aromatic rings. The number of aromatic amines is 1. The van der Waals surface area contributed by atoms with Crippen LogP contribution in [-0.4, -0.2) is 30.3 Å². The second-order valence-electron chi connectivity index (χ2n) is 5.82. The predicted octanol–water partition coefficient (Wildman–Crippen LogP) is 2.09. The Balaban J connectivity index is 1.74. The van der Waals surface area contributed by atoms with Crippen LogP contribution in [0.25, 0.3) is 10.9 Å². The number of pyridine rings is 1. The normalized spacial score (nSPS) is 11.0. The van der Waals surface area contributed by atoms with Gasteiger partial charge in [-0.25, -0.2) is 4.39 Å². The van der Waals surface area contributed by atoms with E-state index < -0.39 is 0 Å². The second kappa shape index (κ2) is 6.47.